The van der Waals surface area contributed by atoms with E-state index in [9.17, 15) is 9.18 Å². The summed E-state index contributed by atoms with van der Waals surface area (Å²) in [6, 6.07) is 7.59. The van der Waals surface area contributed by atoms with E-state index < -0.39 is 5.82 Å². The Hall–Kier alpha value is -2.23. The summed E-state index contributed by atoms with van der Waals surface area (Å²) >= 11 is 0. The minimum absolute atomic E-state index is 0.292. The van der Waals surface area contributed by atoms with Gasteiger partial charge in [-0.3, -0.25) is 9.78 Å². The molecular weight excluding hydrogens is 243 g/mol. The Kier molecular flexibility index (Phi) is 3.90. The Labute approximate surface area is 111 Å². The SMILES string of the molecule is Cc1cc(C)c(CNC(=O)c2cccc(F)c2)cn1. The number of hydrogen-bond acceptors (Lipinski definition) is 2. The van der Waals surface area contributed by atoms with Crippen molar-refractivity contribution in [2.24, 2.45) is 0 Å². The lowest BCUT2D eigenvalue weighted by molar-refractivity contribution is 0.0950. The molecule has 1 aromatic heterocycles. The number of nitrogens with one attached hydrogen (secondary N) is 1. The molecule has 0 radical (unpaired) electrons. The van der Waals surface area contributed by atoms with E-state index in [2.05, 4.69) is 10.3 Å². The van der Waals surface area contributed by atoms with Crippen molar-refractivity contribution in [1.82, 2.24) is 10.3 Å². The predicted molar refractivity (Wildman–Crippen MR) is 71.3 cm³/mol. The molecule has 1 N–H and O–H groups in total. The summed E-state index contributed by atoms with van der Waals surface area (Å²) in [4.78, 5) is 16.0. The molecule has 4 heteroatoms. The largest absolute Gasteiger partial charge is 0.348 e. The zero-order valence-corrected chi connectivity index (χ0v) is 10.9. The number of benzene rings is 1. The van der Waals surface area contributed by atoms with E-state index in [1.165, 1.54) is 18.2 Å². The van der Waals surface area contributed by atoms with Gasteiger partial charge in [0.1, 0.15) is 5.82 Å². The number of carbonyl (C=O) groups is 1. The summed E-state index contributed by atoms with van der Waals surface area (Å²) in [7, 11) is 0. The third kappa shape index (κ3) is 3.37. The quantitative estimate of drug-likeness (QED) is 0.919. The number of carbonyl (C=O) groups excluding carboxylic acids is 1. The van der Waals surface area contributed by atoms with Crippen molar-refractivity contribution in [2.75, 3.05) is 0 Å². The fraction of sp³-hybridized carbons (Fsp3) is 0.200. The number of rotatable bonds is 3. The highest BCUT2D eigenvalue weighted by Crippen LogP contribution is 2.08. The van der Waals surface area contributed by atoms with E-state index in [1.807, 2.05) is 19.9 Å². The van der Waals surface area contributed by atoms with Crippen molar-refractivity contribution in [3.05, 3.63) is 64.7 Å². The number of pyridine rings is 1. The van der Waals surface area contributed by atoms with E-state index in [4.69, 9.17) is 0 Å². The van der Waals surface area contributed by atoms with Crippen LogP contribution in [0.3, 0.4) is 0 Å². The maximum absolute atomic E-state index is 13.0. The third-order valence-electron chi connectivity index (χ3n) is 2.88. The van der Waals surface area contributed by atoms with Crippen LogP contribution in [0.5, 0.6) is 0 Å². The van der Waals surface area contributed by atoms with Gasteiger partial charge in [0, 0.05) is 24.0 Å². The van der Waals surface area contributed by atoms with Gasteiger partial charge in [0.15, 0.2) is 0 Å². The van der Waals surface area contributed by atoms with Crippen molar-refractivity contribution in [3.8, 4) is 0 Å². The van der Waals surface area contributed by atoms with Gasteiger partial charge in [-0.2, -0.15) is 0 Å². The first-order valence-corrected chi connectivity index (χ1v) is 6.02. The molecule has 1 heterocycles. The van der Waals surface area contributed by atoms with Crippen LogP contribution in [-0.4, -0.2) is 10.9 Å². The molecule has 19 heavy (non-hydrogen) atoms. The summed E-state index contributed by atoms with van der Waals surface area (Å²) in [6.45, 7) is 4.27. The lowest BCUT2D eigenvalue weighted by Crippen LogP contribution is -2.23. The summed E-state index contributed by atoms with van der Waals surface area (Å²) in [5.41, 5.74) is 3.29. The topological polar surface area (TPSA) is 42.0 Å². The van der Waals surface area contributed by atoms with Crippen molar-refractivity contribution < 1.29 is 9.18 Å². The number of aryl methyl sites for hydroxylation is 2. The molecule has 0 fully saturated rings. The van der Waals surface area contributed by atoms with Crippen LogP contribution in [0.1, 0.15) is 27.2 Å². The minimum atomic E-state index is -0.416. The summed E-state index contributed by atoms with van der Waals surface area (Å²) < 4.78 is 13.0. The smallest absolute Gasteiger partial charge is 0.251 e. The second-order valence-electron chi connectivity index (χ2n) is 4.45. The minimum Gasteiger partial charge on any atom is -0.348 e. The lowest BCUT2D eigenvalue weighted by Gasteiger charge is -2.08. The number of aromatic nitrogens is 1. The molecular formula is C15H15FN2O. The second-order valence-corrected chi connectivity index (χ2v) is 4.45. The third-order valence-corrected chi connectivity index (χ3v) is 2.88. The van der Waals surface area contributed by atoms with E-state index in [-0.39, 0.29) is 5.91 Å². The van der Waals surface area contributed by atoms with Crippen LogP contribution in [0.4, 0.5) is 4.39 Å². The van der Waals surface area contributed by atoms with Crippen molar-refractivity contribution >= 4 is 5.91 Å². The Morgan fingerprint density at radius 1 is 1.32 bits per heavy atom. The number of hydrogen-bond donors (Lipinski definition) is 1. The molecule has 0 aliphatic carbocycles. The monoisotopic (exact) mass is 258 g/mol. The van der Waals surface area contributed by atoms with E-state index in [0.717, 1.165) is 16.8 Å². The van der Waals surface area contributed by atoms with Gasteiger partial charge in [-0.1, -0.05) is 6.07 Å². The molecule has 1 amide bonds. The average molecular weight is 258 g/mol. The Morgan fingerprint density at radius 2 is 2.11 bits per heavy atom. The molecule has 0 saturated carbocycles. The van der Waals surface area contributed by atoms with Crippen LogP contribution >= 0.6 is 0 Å². The Bertz CT molecular complexity index is 611. The van der Waals surface area contributed by atoms with Crippen LogP contribution in [0.15, 0.2) is 36.5 Å². The Morgan fingerprint density at radius 3 is 2.79 bits per heavy atom. The van der Waals surface area contributed by atoms with Gasteiger partial charge in [0.2, 0.25) is 0 Å². The van der Waals surface area contributed by atoms with Gasteiger partial charge in [-0.25, -0.2) is 4.39 Å². The number of halogens is 1. The normalized spacial score (nSPS) is 10.3. The lowest BCUT2D eigenvalue weighted by atomic mass is 10.1. The first-order valence-electron chi connectivity index (χ1n) is 6.02. The number of nitrogens with zero attached hydrogens (tertiary/aromatic N) is 1. The van der Waals surface area contributed by atoms with E-state index in [0.29, 0.717) is 12.1 Å². The van der Waals surface area contributed by atoms with Gasteiger partial charge < -0.3 is 5.32 Å². The maximum atomic E-state index is 13.0. The molecule has 2 aromatic rings. The zero-order valence-electron chi connectivity index (χ0n) is 10.9. The molecule has 0 aliphatic heterocycles. The zero-order chi connectivity index (χ0) is 13.8. The van der Waals surface area contributed by atoms with Gasteiger partial charge in [-0.05, 0) is 49.2 Å². The van der Waals surface area contributed by atoms with Crippen LogP contribution in [0, 0.1) is 19.7 Å². The average Bonchev–Trinajstić information content (AvgIpc) is 2.37. The summed E-state index contributed by atoms with van der Waals surface area (Å²) in [5, 5.41) is 2.76. The molecule has 0 spiro atoms. The van der Waals surface area contributed by atoms with Crippen LogP contribution < -0.4 is 5.32 Å². The van der Waals surface area contributed by atoms with Crippen LogP contribution in [0.25, 0.3) is 0 Å². The number of amides is 1. The molecule has 1 aromatic carbocycles. The summed E-state index contributed by atoms with van der Waals surface area (Å²) in [5.74, 6) is -0.708. The maximum Gasteiger partial charge on any atom is 0.251 e. The van der Waals surface area contributed by atoms with Crippen molar-refractivity contribution in [3.63, 3.8) is 0 Å². The highest BCUT2D eigenvalue weighted by molar-refractivity contribution is 5.94. The van der Waals surface area contributed by atoms with Gasteiger partial charge in [0.25, 0.3) is 5.91 Å². The molecule has 3 nitrogen and oxygen atoms in total. The fourth-order valence-corrected chi connectivity index (χ4v) is 1.82. The van der Waals surface area contributed by atoms with Gasteiger partial charge >= 0.3 is 0 Å². The molecule has 0 aliphatic rings. The first-order chi connectivity index (χ1) is 9.06. The molecule has 0 unspecified atom stereocenters. The van der Waals surface area contributed by atoms with Crippen LogP contribution in [-0.2, 0) is 6.54 Å². The van der Waals surface area contributed by atoms with Crippen molar-refractivity contribution in [1.29, 1.82) is 0 Å². The van der Waals surface area contributed by atoms with Gasteiger partial charge in [0.05, 0.1) is 0 Å². The van der Waals surface area contributed by atoms with E-state index >= 15 is 0 Å². The van der Waals surface area contributed by atoms with Crippen LogP contribution in [0.2, 0.25) is 0 Å². The molecule has 98 valence electrons. The highest BCUT2D eigenvalue weighted by Gasteiger charge is 2.07. The summed E-state index contributed by atoms with van der Waals surface area (Å²) in [6.07, 6.45) is 1.75. The molecule has 2 rings (SSSR count). The van der Waals surface area contributed by atoms with Gasteiger partial charge in [-0.15, -0.1) is 0 Å². The highest BCUT2D eigenvalue weighted by atomic mass is 19.1. The Balaban J connectivity index is 2.04. The second kappa shape index (κ2) is 5.61. The first kappa shape index (κ1) is 13.2. The van der Waals surface area contributed by atoms with E-state index in [1.54, 1.807) is 12.3 Å². The predicted octanol–water partition coefficient (Wildman–Crippen LogP) is 2.77. The van der Waals surface area contributed by atoms with Crippen molar-refractivity contribution in [2.45, 2.75) is 20.4 Å². The molecule has 0 atom stereocenters. The molecule has 0 bridgehead atoms. The molecule has 0 saturated heterocycles. The standard InChI is InChI=1S/C15H15FN2O/c1-10-6-11(2)17-8-13(10)9-18-15(19)12-4-3-5-14(16)7-12/h3-8H,9H2,1-2H3,(H,18,19). The fourth-order valence-electron chi connectivity index (χ4n) is 1.82.